The summed E-state index contributed by atoms with van der Waals surface area (Å²) in [6.45, 7) is 5.41. The summed E-state index contributed by atoms with van der Waals surface area (Å²) >= 11 is 0. The fourth-order valence-electron chi connectivity index (χ4n) is 2.42. The van der Waals surface area contributed by atoms with Crippen LogP contribution in [0.15, 0.2) is 0 Å². The van der Waals surface area contributed by atoms with E-state index >= 15 is 0 Å². The number of ether oxygens (including phenoxy) is 1. The zero-order chi connectivity index (χ0) is 9.10. The van der Waals surface area contributed by atoms with Crippen molar-refractivity contribution in [2.75, 3.05) is 39.9 Å². The number of piperazine rings is 1. The van der Waals surface area contributed by atoms with Crippen LogP contribution >= 0.6 is 0 Å². The van der Waals surface area contributed by atoms with E-state index in [1.165, 1.54) is 19.4 Å². The van der Waals surface area contributed by atoms with Gasteiger partial charge in [0.25, 0.3) is 0 Å². The molecule has 2 rings (SSSR count). The van der Waals surface area contributed by atoms with Gasteiger partial charge in [0.15, 0.2) is 0 Å². The van der Waals surface area contributed by atoms with Gasteiger partial charge in [-0.05, 0) is 25.8 Å². The Kier molecular flexibility index (Phi) is 3.19. The summed E-state index contributed by atoms with van der Waals surface area (Å²) in [6, 6.07) is 0.703. The predicted octanol–water partition coefficient (Wildman–Crippen LogP) is 0.317. The van der Waals surface area contributed by atoms with E-state index in [1.54, 1.807) is 0 Å². The Hall–Kier alpha value is -0.120. The monoisotopic (exact) mass is 184 g/mol. The topological polar surface area (TPSA) is 24.5 Å². The molecule has 0 spiro atoms. The van der Waals surface area contributed by atoms with Crippen LogP contribution in [0.25, 0.3) is 0 Å². The summed E-state index contributed by atoms with van der Waals surface area (Å²) in [5.74, 6) is 0.756. The first-order chi connectivity index (χ1) is 6.38. The van der Waals surface area contributed by atoms with Gasteiger partial charge in [-0.2, -0.15) is 0 Å². The lowest BCUT2D eigenvalue weighted by Gasteiger charge is -2.39. The molecule has 0 aliphatic carbocycles. The van der Waals surface area contributed by atoms with Crippen LogP contribution in [0.3, 0.4) is 0 Å². The van der Waals surface area contributed by atoms with Crippen molar-refractivity contribution in [1.29, 1.82) is 0 Å². The van der Waals surface area contributed by atoms with Crippen molar-refractivity contribution < 1.29 is 4.74 Å². The van der Waals surface area contributed by atoms with Gasteiger partial charge in [-0.3, -0.25) is 0 Å². The molecule has 2 saturated heterocycles. The first-order valence-corrected chi connectivity index (χ1v) is 5.36. The third-order valence-electron chi connectivity index (χ3n) is 3.30. The SMILES string of the molecule is CN1CCNCC1C1CCCOC1. The summed E-state index contributed by atoms with van der Waals surface area (Å²) < 4.78 is 5.53. The molecule has 2 atom stereocenters. The number of likely N-dealkylation sites (N-methyl/N-ethyl adjacent to an activating group) is 1. The number of hydrogen-bond acceptors (Lipinski definition) is 3. The Balaban J connectivity index is 1.88. The van der Waals surface area contributed by atoms with Crippen LogP contribution in [0.1, 0.15) is 12.8 Å². The van der Waals surface area contributed by atoms with E-state index in [1.807, 2.05) is 0 Å². The summed E-state index contributed by atoms with van der Waals surface area (Å²) in [6.07, 6.45) is 2.59. The standard InChI is InChI=1S/C10H20N2O/c1-12-5-4-11-7-10(12)9-3-2-6-13-8-9/h9-11H,2-8H2,1H3. The van der Waals surface area contributed by atoms with Gasteiger partial charge in [0.2, 0.25) is 0 Å². The Morgan fingerprint density at radius 3 is 3.08 bits per heavy atom. The van der Waals surface area contributed by atoms with Crippen molar-refractivity contribution in [3.63, 3.8) is 0 Å². The first kappa shape index (κ1) is 9.44. The molecular formula is C10H20N2O. The molecule has 3 heteroatoms. The molecule has 13 heavy (non-hydrogen) atoms. The molecule has 2 aliphatic heterocycles. The van der Waals surface area contributed by atoms with E-state index in [0.29, 0.717) is 6.04 Å². The van der Waals surface area contributed by atoms with E-state index in [9.17, 15) is 0 Å². The van der Waals surface area contributed by atoms with E-state index in [4.69, 9.17) is 4.74 Å². The minimum Gasteiger partial charge on any atom is -0.381 e. The number of hydrogen-bond donors (Lipinski definition) is 1. The van der Waals surface area contributed by atoms with Gasteiger partial charge >= 0.3 is 0 Å². The second kappa shape index (κ2) is 4.40. The largest absolute Gasteiger partial charge is 0.381 e. The van der Waals surface area contributed by atoms with Gasteiger partial charge in [-0.1, -0.05) is 0 Å². The van der Waals surface area contributed by atoms with Crippen molar-refractivity contribution in [3.8, 4) is 0 Å². The average molecular weight is 184 g/mol. The summed E-state index contributed by atoms with van der Waals surface area (Å²) in [4.78, 5) is 2.48. The predicted molar refractivity (Wildman–Crippen MR) is 52.8 cm³/mol. The average Bonchev–Trinajstić information content (AvgIpc) is 2.20. The molecule has 2 unspecified atom stereocenters. The lowest BCUT2D eigenvalue weighted by Crippen LogP contribution is -2.54. The van der Waals surface area contributed by atoms with Gasteiger partial charge in [-0.15, -0.1) is 0 Å². The molecule has 2 aliphatic rings. The van der Waals surface area contributed by atoms with E-state index in [-0.39, 0.29) is 0 Å². The highest BCUT2D eigenvalue weighted by atomic mass is 16.5. The summed E-state index contributed by atoms with van der Waals surface area (Å²) in [7, 11) is 2.24. The maximum Gasteiger partial charge on any atom is 0.0509 e. The zero-order valence-electron chi connectivity index (χ0n) is 8.46. The first-order valence-electron chi connectivity index (χ1n) is 5.36. The van der Waals surface area contributed by atoms with Gasteiger partial charge in [0, 0.05) is 32.3 Å². The molecule has 1 N–H and O–H groups in total. The Morgan fingerprint density at radius 1 is 1.46 bits per heavy atom. The highest BCUT2D eigenvalue weighted by Crippen LogP contribution is 2.21. The maximum atomic E-state index is 5.53. The van der Waals surface area contributed by atoms with Crippen LogP contribution < -0.4 is 5.32 Å². The molecule has 2 fully saturated rings. The lowest BCUT2D eigenvalue weighted by atomic mass is 9.92. The van der Waals surface area contributed by atoms with Crippen molar-refractivity contribution in [2.24, 2.45) is 5.92 Å². The lowest BCUT2D eigenvalue weighted by molar-refractivity contribution is 0.00912. The molecule has 0 saturated carbocycles. The molecule has 3 nitrogen and oxygen atoms in total. The molecule has 0 aromatic rings. The molecular weight excluding hydrogens is 164 g/mol. The normalized spacial score (nSPS) is 37.6. The second-order valence-corrected chi connectivity index (χ2v) is 4.23. The van der Waals surface area contributed by atoms with Crippen molar-refractivity contribution in [3.05, 3.63) is 0 Å². The molecule has 0 amide bonds. The van der Waals surface area contributed by atoms with Crippen molar-refractivity contribution in [2.45, 2.75) is 18.9 Å². The number of nitrogens with zero attached hydrogens (tertiary/aromatic N) is 1. The second-order valence-electron chi connectivity index (χ2n) is 4.23. The fourth-order valence-corrected chi connectivity index (χ4v) is 2.42. The number of rotatable bonds is 1. The fraction of sp³-hybridized carbons (Fsp3) is 1.00. The molecule has 2 heterocycles. The Bertz CT molecular complexity index is 157. The van der Waals surface area contributed by atoms with Crippen LogP contribution in [0.2, 0.25) is 0 Å². The third kappa shape index (κ3) is 2.22. The van der Waals surface area contributed by atoms with Gasteiger partial charge in [0.1, 0.15) is 0 Å². The molecule has 76 valence electrons. The Labute approximate surface area is 80.4 Å². The number of nitrogens with one attached hydrogen (secondary N) is 1. The molecule has 0 bridgehead atoms. The van der Waals surface area contributed by atoms with E-state index in [0.717, 1.165) is 32.2 Å². The molecule has 0 aromatic heterocycles. The smallest absolute Gasteiger partial charge is 0.0509 e. The van der Waals surface area contributed by atoms with Crippen LogP contribution in [0.5, 0.6) is 0 Å². The molecule has 0 aromatic carbocycles. The Morgan fingerprint density at radius 2 is 2.38 bits per heavy atom. The maximum absolute atomic E-state index is 5.53. The highest BCUT2D eigenvalue weighted by Gasteiger charge is 2.28. The van der Waals surface area contributed by atoms with Gasteiger partial charge < -0.3 is 15.0 Å². The van der Waals surface area contributed by atoms with Crippen LogP contribution in [-0.4, -0.2) is 50.8 Å². The van der Waals surface area contributed by atoms with Gasteiger partial charge in [0.05, 0.1) is 6.61 Å². The summed E-state index contributed by atoms with van der Waals surface area (Å²) in [5, 5.41) is 3.47. The highest BCUT2D eigenvalue weighted by molar-refractivity contribution is 4.84. The third-order valence-corrected chi connectivity index (χ3v) is 3.30. The van der Waals surface area contributed by atoms with Gasteiger partial charge in [-0.25, -0.2) is 0 Å². The minimum absolute atomic E-state index is 0.703. The van der Waals surface area contributed by atoms with E-state index in [2.05, 4.69) is 17.3 Å². The van der Waals surface area contributed by atoms with E-state index < -0.39 is 0 Å². The minimum atomic E-state index is 0.703. The van der Waals surface area contributed by atoms with Crippen LogP contribution in [0.4, 0.5) is 0 Å². The van der Waals surface area contributed by atoms with Crippen LogP contribution in [0, 0.1) is 5.92 Å². The van der Waals surface area contributed by atoms with Crippen molar-refractivity contribution >= 4 is 0 Å². The quantitative estimate of drug-likeness (QED) is 0.635. The summed E-state index contributed by atoms with van der Waals surface area (Å²) in [5.41, 5.74) is 0. The van der Waals surface area contributed by atoms with Crippen molar-refractivity contribution in [1.82, 2.24) is 10.2 Å². The zero-order valence-corrected chi connectivity index (χ0v) is 8.46. The van der Waals surface area contributed by atoms with Crippen LogP contribution in [-0.2, 0) is 4.74 Å². The molecule has 0 radical (unpaired) electrons.